The predicted molar refractivity (Wildman–Crippen MR) is 93.0 cm³/mol. The van der Waals surface area contributed by atoms with Gasteiger partial charge in [0.1, 0.15) is 11.5 Å². The summed E-state index contributed by atoms with van der Waals surface area (Å²) in [6.07, 6.45) is 0.994. The van der Waals surface area contributed by atoms with Gasteiger partial charge in [-0.2, -0.15) is 0 Å². The number of aliphatic carboxylic acids is 1. The lowest BCUT2D eigenvalue weighted by Crippen LogP contribution is -2.07. The molecule has 0 unspecified atom stereocenters. The van der Waals surface area contributed by atoms with E-state index in [0.29, 0.717) is 19.1 Å². The summed E-state index contributed by atoms with van der Waals surface area (Å²) in [5.74, 6) is 1.27. The lowest BCUT2D eigenvalue weighted by molar-refractivity contribution is -0.137. The molecule has 2 aliphatic heterocycles. The van der Waals surface area contributed by atoms with E-state index in [0.717, 1.165) is 28.0 Å². The third kappa shape index (κ3) is 2.77. The highest BCUT2D eigenvalue weighted by atomic mass is 79.9. The molecule has 2 aliphatic rings. The van der Waals surface area contributed by atoms with Gasteiger partial charge in [-0.15, -0.1) is 0 Å². The second-order valence-electron chi connectivity index (χ2n) is 6.35. The molecule has 0 amide bonds. The fraction of sp³-hybridized carbons (Fsp3) is 0.316. The number of para-hydroxylation sites is 1. The number of carboxylic acids is 1. The highest BCUT2D eigenvalue weighted by Gasteiger charge is 2.29. The Morgan fingerprint density at radius 2 is 1.96 bits per heavy atom. The Bertz CT molecular complexity index is 802. The van der Waals surface area contributed by atoms with Crippen LogP contribution in [0.5, 0.6) is 11.5 Å². The minimum absolute atomic E-state index is 0.0435. The van der Waals surface area contributed by atoms with Crippen molar-refractivity contribution in [2.75, 3.05) is 13.2 Å². The molecule has 1 N–H and O–H groups in total. The van der Waals surface area contributed by atoms with Gasteiger partial charge in [0.2, 0.25) is 0 Å². The Kier molecular flexibility index (Phi) is 3.96. The third-order valence-corrected chi connectivity index (χ3v) is 5.35. The minimum atomic E-state index is -0.786. The van der Waals surface area contributed by atoms with Crippen molar-refractivity contribution in [3.05, 3.63) is 57.6 Å². The molecule has 2 atom stereocenters. The first-order chi connectivity index (χ1) is 11.6. The summed E-state index contributed by atoms with van der Waals surface area (Å²) in [5, 5.41) is 8.99. The van der Waals surface area contributed by atoms with Crippen molar-refractivity contribution in [1.29, 1.82) is 0 Å². The van der Waals surface area contributed by atoms with E-state index in [9.17, 15) is 4.79 Å². The van der Waals surface area contributed by atoms with Crippen molar-refractivity contribution >= 4 is 21.9 Å². The van der Waals surface area contributed by atoms with Gasteiger partial charge in [0.05, 0.1) is 24.1 Å². The van der Waals surface area contributed by atoms with E-state index in [-0.39, 0.29) is 12.3 Å². The second-order valence-corrected chi connectivity index (χ2v) is 7.20. The fourth-order valence-corrected chi connectivity index (χ4v) is 4.05. The van der Waals surface area contributed by atoms with Crippen LogP contribution < -0.4 is 9.47 Å². The molecule has 0 fully saturated rings. The molecule has 0 saturated heterocycles. The van der Waals surface area contributed by atoms with E-state index in [1.807, 2.05) is 24.3 Å². The van der Waals surface area contributed by atoms with Gasteiger partial charge in [0.15, 0.2) is 0 Å². The molecule has 4 nitrogen and oxygen atoms in total. The monoisotopic (exact) mass is 388 g/mol. The van der Waals surface area contributed by atoms with Crippen LogP contribution >= 0.6 is 15.9 Å². The number of benzene rings is 2. The van der Waals surface area contributed by atoms with Crippen molar-refractivity contribution in [2.45, 2.75) is 24.7 Å². The number of carbonyl (C=O) groups is 1. The van der Waals surface area contributed by atoms with E-state index < -0.39 is 5.97 Å². The summed E-state index contributed by atoms with van der Waals surface area (Å²) in [5.41, 5.74) is 3.42. The molecule has 0 bridgehead atoms. The molecule has 4 rings (SSSR count). The van der Waals surface area contributed by atoms with Gasteiger partial charge >= 0.3 is 5.97 Å². The maximum absolute atomic E-state index is 10.9. The Morgan fingerprint density at radius 1 is 1.12 bits per heavy atom. The fourth-order valence-electron chi connectivity index (χ4n) is 3.55. The summed E-state index contributed by atoms with van der Waals surface area (Å²) in [7, 11) is 0. The summed E-state index contributed by atoms with van der Waals surface area (Å²) >= 11 is 3.53. The van der Waals surface area contributed by atoms with Gasteiger partial charge in [-0.3, -0.25) is 4.79 Å². The van der Waals surface area contributed by atoms with Crippen LogP contribution in [-0.2, 0) is 11.2 Å². The van der Waals surface area contributed by atoms with Gasteiger partial charge in [-0.25, -0.2) is 0 Å². The van der Waals surface area contributed by atoms with Gasteiger partial charge < -0.3 is 14.6 Å². The van der Waals surface area contributed by atoms with Crippen LogP contribution in [0.15, 0.2) is 40.9 Å². The Balaban J connectivity index is 1.54. The number of hydrogen-bond acceptors (Lipinski definition) is 3. The number of ether oxygens (including phenoxy) is 2. The molecule has 0 aromatic heterocycles. The first kappa shape index (κ1) is 15.5. The number of fused-ring (bicyclic) bond motifs is 2. The maximum atomic E-state index is 10.9. The quantitative estimate of drug-likeness (QED) is 0.855. The molecule has 5 heteroatoms. The van der Waals surface area contributed by atoms with Crippen LogP contribution in [0, 0.1) is 0 Å². The van der Waals surface area contributed by atoms with E-state index in [1.54, 1.807) is 0 Å². The zero-order chi connectivity index (χ0) is 16.7. The maximum Gasteiger partial charge on any atom is 0.304 e. The normalized spacial score (nSPS) is 20.9. The van der Waals surface area contributed by atoms with Gasteiger partial charge in [-0.1, -0.05) is 24.3 Å². The highest BCUT2D eigenvalue weighted by Crippen LogP contribution is 2.42. The molecule has 0 aliphatic carbocycles. The molecule has 0 radical (unpaired) electrons. The second kappa shape index (κ2) is 6.13. The Morgan fingerprint density at radius 3 is 2.79 bits per heavy atom. The summed E-state index contributed by atoms with van der Waals surface area (Å²) < 4.78 is 12.5. The molecular weight excluding hydrogens is 372 g/mol. The molecular formula is C19H17BrO4. The lowest BCUT2D eigenvalue weighted by atomic mass is 9.91. The van der Waals surface area contributed by atoms with Crippen LogP contribution in [0.2, 0.25) is 0 Å². The Hall–Kier alpha value is -2.01. The largest absolute Gasteiger partial charge is 0.493 e. The number of hydrogen-bond donors (Lipinski definition) is 1. The average Bonchev–Trinajstić information content (AvgIpc) is 3.13. The predicted octanol–water partition coefficient (Wildman–Crippen LogP) is 4.12. The van der Waals surface area contributed by atoms with Gasteiger partial charge in [0, 0.05) is 23.0 Å². The van der Waals surface area contributed by atoms with Crippen LogP contribution in [0.1, 0.15) is 34.9 Å². The summed E-state index contributed by atoms with van der Waals surface area (Å²) in [6.45, 7) is 1.13. The van der Waals surface area contributed by atoms with Crippen LogP contribution in [0.4, 0.5) is 0 Å². The van der Waals surface area contributed by atoms with Gasteiger partial charge in [-0.05, 0) is 40.0 Å². The lowest BCUT2D eigenvalue weighted by Gasteiger charge is -2.11. The van der Waals surface area contributed by atoms with Crippen molar-refractivity contribution in [2.24, 2.45) is 0 Å². The van der Waals surface area contributed by atoms with E-state index >= 15 is 0 Å². The molecule has 2 aromatic carbocycles. The standard InChI is InChI=1S/C19H17BrO4/c20-16-3-1-2-15-12(10-24-19(15)16)6-11-4-5-14-13(8-18(21)22)9-23-17(14)7-11/h1-5,7,12-13H,6,8-10H2,(H,21,22)/t12-,13+/m0/s1. The van der Waals surface area contributed by atoms with Crippen LogP contribution in [0.3, 0.4) is 0 Å². The summed E-state index contributed by atoms with van der Waals surface area (Å²) in [6, 6.07) is 12.3. The topological polar surface area (TPSA) is 55.8 Å². The van der Waals surface area contributed by atoms with E-state index in [4.69, 9.17) is 14.6 Å². The zero-order valence-electron chi connectivity index (χ0n) is 13.0. The zero-order valence-corrected chi connectivity index (χ0v) is 14.6. The smallest absolute Gasteiger partial charge is 0.304 e. The summed E-state index contributed by atoms with van der Waals surface area (Å²) in [4.78, 5) is 10.9. The van der Waals surface area contributed by atoms with Crippen molar-refractivity contribution in [3.8, 4) is 11.5 Å². The molecule has 124 valence electrons. The SMILES string of the molecule is O=C(O)C[C@@H]1COc2cc(C[C@H]3COc4c(Br)cccc43)ccc21. The highest BCUT2D eigenvalue weighted by molar-refractivity contribution is 9.10. The number of carboxylic acid groups (broad SMARTS) is 1. The van der Waals surface area contributed by atoms with Gasteiger partial charge in [0.25, 0.3) is 0 Å². The van der Waals surface area contributed by atoms with E-state index in [2.05, 4.69) is 28.1 Å². The molecule has 2 heterocycles. The first-order valence-corrected chi connectivity index (χ1v) is 8.79. The van der Waals surface area contributed by atoms with Crippen molar-refractivity contribution in [3.63, 3.8) is 0 Å². The third-order valence-electron chi connectivity index (χ3n) is 4.73. The number of rotatable bonds is 4. The van der Waals surface area contributed by atoms with Crippen molar-refractivity contribution in [1.82, 2.24) is 0 Å². The number of halogens is 1. The Labute approximate surface area is 148 Å². The minimum Gasteiger partial charge on any atom is -0.493 e. The first-order valence-electron chi connectivity index (χ1n) is 8.00. The molecule has 24 heavy (non-hydrogen) atoms. The van der Waals surface area contributed by atoms with Crippen molar-refractivity contribution < 1.29 is 19.4 Å². The van der Waals surface area contributed by atoms with Crippen LogP contribution in [0.25, 0.3) is 0 Å². The van der Waals surface area contributed by atoms with E-state index in [1.165, 1.54) is 11.1 Å². The average molecular weight is 389 g/mol. The molecule has 2 aromatic rings. The molecule has 0 saturated carbocycles. The molecule has 0 spiro atoms. The van der Waals surface area contributed by atoms with Crippen LogP contribution in [-0.4, -0.2) is 24.3 Å².